The SMILES string of the molecule is CC[C@@H](C)Oc1ccc(/C=C2/SC(=S)N(c3cccc(Cl)c3)C2=O)cc1OC. The lowest BCUT2D eigenvalue weighted by Crippen LogP contribution is -2.27. The number of anilines is 1. The standard InChI is InChI=1S/C21H20ClNO3S2/c1-4-13(2)26-17-9-8-14(10-18(17)25-3)11-19-20(24)23(21(27)28-19)16-7-5-6-15(22)12-16/h5-13H,4H2,1-3H3/b19-11+/t13-/m1/s1. The van der Waals surface area contributed by atoms with E-state index < -0.39 is 0 Å². The summed E-state index contributed by atoms with van der Waals surface area (Å²) in [6, 6.07) is 12.7. The molecule has 0 spiro atoms. The summed E-state index contributed by atoms with van der Waals surface area (Å²) >= 11 is 12.7. The molecule has 1 heterocycles. The molecule has 1 aliphatic rings. The first kappa shape index (κ1) is 20.7. The summed E-state index contributed by atoms with van der Waals surface area (Å²) in [7, 11) is 1.60. The summed E-state index contributed by atoms with van der Waals surface area (Å²) in [5.41, 5.74) is 1.49. The Labute approximate surface area is 179 Å². The van der Waals surface area contributed by atoms with Gasteiger partial charge in [-0.3, -0.25) is 9.69 Å². The maximum atomic E-state index is 12.9. The highest BCUT2D eigenvalue weighted by atomic mass is 35.5. The molecule has 2 aromatic carbocycles. The van der Waals surface area contributed by atoms with E-state index in [0.29, 0.717) is 31.4 Å². The number of carbonyl (C=O) groups excluding carboxylic acids is 1. The molecule has 3 rings (SSSR count). The predicted molar refractivity (Wildman–Crippen MR) is 120 cm³/mol. The van der Waals surface area contributed by atoms with Crippen LogP contribution >= 0.6 is 35.6 Å². The van der Waals surface area contributed by atoms with Gasteiger partial charge >= 0.3 is 0 Å². The predicted octanol–water partition coefficient (Wildman–Crippen LogP) is 5.93. The van der Waals surface area contributed by atoms with Gasteiger partial charge in [-0.15, -0.1) is 0 Å². The van der Waals surface area contributed by atoms with Gasteiger partial charge in [0.25, 0.3) is 5.91 Å². The Kier molecular flexibility index (Phi) is 6.65. The van der Waals surface area contributed by atoms with Crippen molar-refractivity contribution in [2.75, 3.05) is 12.0 Å². The fourth-order valence-corrected chi connectivity index (χ4v) is 4.11. The molecule has 0 saturated carbocycles. The summed E-state index contributed by atoms with van der Waals surface area (Å²) in [6.45, 7) is 4.07. The van der Waals surface area contributed by atoms with E-state index in [4.69, 9.17) is 33.3 Å². The van der Waals surface area contributed by atoms with Crippen LogP contribution in [0.2, 0.25) is 5.02 Å². The van der Waals surface area contributed by atoms with Gasteiger partial charge in [-0.2, -0.15) is 0 Å². The number of thioether (sulfide) groups is 1. The van der Waals surface area contributed by atoms with Crippen molar-refractivity contribution in [1.82, 2.24) is 0 Å². The van der Waals surface area contributed by atoms with Crippen molar-refractivity contribution in [1.29, 1.82) is 0 Å². The van der Waals surface area contributed by atoms with Crippen molar-refractivity contribution in [2.45, 2.75) is 26.4 Å². The van der Waals surface area contributed by atoms with Crippen molar-refractivity contribution >= 4 is 57.6 Å². The average molecular weight is 434 g/mol. The fourth-order valence-electron chi connectivity index (χ4n) is 2.63. The van der Waals surface area contributed by atoms with Gasteiger partial charge in [-0.25, -0.2) is 0 Å². The molecule has 7 heteroatoms. The minimum absolute atomic E-state index is 0.0914. The molecular formula is C21H20ClNO3S2. The van der Waals surface area contributed by atoms with E-state index in [9.17, 15) is 4.79 Å². The first-order valence-corrected chi connectivity index (χ1v) is 10.4. The Morgan fingerprint density at radius 3 is 2.71 bits per heavy atom. The Morgan fingerprint density at radius 2 is 2.04 bits per heavy atom. The zero-order chi connectivity index (χ0) is 20.3. The molecule has 2 aromatic rings. The third-order valence-electron chi connectivity index (χ3n) is 4.25. The van der Waals surface area contributed by atoms with E-state index in [1.807, 2.05) is 31.2 Å². The van der Waals surface area contributed by atoms with Gasteiger partial charge < -0.3 is 9.47 Å². The Morgan fingerprint density at radius 1 is 1.25 bits per heavy atom. The normalized spacial score (nSPS) is 16.6. The molecule has 4 nitrogen and oxygen atoms in total. The lowest BCUT2D eigenvalue weighted by atomic mass is 10.1. The van der Waals surface area contributed by atoms with Crippen LogP contribution in [0.3, 0.4) is 0 Å². The number of methoxy groups -OCH3 is 1. The maximum absolute atomic E-state index is 12.9. The molecule has 0 bridgehead atoms. The third kappa shape index (κ3) is 4.51. The maximum Gasteiger partial charge on any atom is 0.270 e. The number of amides is 1. The van der Waals surface area contributed by atoms with E-state index >= 15 is 0 Å². The van der Waals surface area contributed by atoms with E-state index in [2.05, 4.69) is 6.92 Å². The molecule has 0 N–H and O–H groups in total. The van der Waals surface area contributed by atoms with Crippen molar-refractivity contribution in [2.24, 2.45) is 0 Å². The molecule has 1 atom stereocenters. The molecule has 0 aliphatic carbocycles. The van der Waals surface area contributed by atoms with Gasteiger partial charge in [-0.05, 0) is 55.3 Å². The third-order valence-corrected chi connectivity index (χ3v) is 5.79. The van der Waals surface area contributed by atoms with Gasteiger partial charge in [0, 0.05) is 5.02 Å². The molecule has 146 valence electrons. The van der Waals surface area contributed by atoms with Gasteiger partial charge in [0.1, 0.15) is 0 Å². The molecule has 28 heavy (non-hydrogen) atoms. The number of halogens is 1. The second-order valence-corrected chi connectivity index (χ2v) is 8.36. The number of carbonyl (C=O) groups is 1. The number of rotatable bonds is 6. The van der Waals surface area contributed by atoms with Crippen LogP contribution in [0.5, 0.6) is 11.5 Å². The number of ether oxygens (including phenoxy) is 2. The van der Waals surface area contributed by atoms with E-state index in [-0.39, 0.29) is 12.0 Å². The monoisotopic (exact) mass is 433 g/mol. The molecule has 1 amide bonds. The number of benzene rings is 2. The summed E-state index contributed by atoms with van der Waals surface area (Å²) in [6.07, 6.45) is 2.80. The summed E-state index contributed by atoms with van der Waals surface area (Å²) in [5.74, 6) is 1.14. The molecule has 1 fully saturated rings. The molecule has 0 unspecified atom stereocenters. The first-order chi connectivity index (χ1) is 13.4. The minimum atomic E-state index is -0.170. The van der Waals surface area contributed by atoms with Crippen LogP contribution in [-0.4, -0.2) is 23.4 Å². The molecule has 0 aromatic heterocycles. The Balaban J connectivity index is 1.87. The van der Waals surface area contributed by atoms with Gasteiger partial charge in [-0.1, -0.05) is 54.6 Å². The smallest absolute Gasteiger partial charge is 0.270 e. The first-order valence-electron chi connectivity index (χ1n) is 8.81. The highest BCUT2D eigenvalue weighted by molar-refractivity contribution is 8.27. The second kappa shape index (κ2) is 8.99. The van der Waals surface area contributed by atoms with Crippen LogP contribution < -0.4 is 14.4 Å². The Hall–Kier alpha value is -2.02. The number of thiocarbonyl (C=S) groups is 1. The van der Waals surface area contributed by atoms with E-state index in [1.165, 1.54) is 16.7 Å². The minimum Gasteiger partial charge on any atom is -0.493 e. The molecule has 0 radical (unpaired) electrons. The van der Waals surface area contributed by atoms with Crippen LogP contribution in [0.25, 0.3) is 6.08 Å². The zero-order valence-corrected chi connectivity index (χ0v) is 18.2. The van der Waals surface area contributed by atoms with Crippen molar-refractivity contribution in [3.05, 3.63) is 58.0 Å². The van der Waals surface area contributed by atoms with Crippen LogP contribution in [0.15, 0.2) is 47.4 Å². The van der Waals surface area contributed by atoms with Crippen LogP contribution in [0, 0.1) is 0 Å². The zero-order valence-electron chi connectivity index (χ0n) is 15.8. The average Bonchev–Trinajstić information content (AvgIpc) is 2.95. The van der Waals surface area contributed by atoms with E-state index in [0.717, 1.165) is 12.0 Å². The Bertz CT molecular complexity index is 945. The summed E-state index contributed by atoms with van der Waals surface area (Å²) < 4.78 is 11.8. The summed E-state index contributed by atoms with van der Waals surface area (Å²) in [4.78, 5) is 14.9. The second-order valence-electron chi connectivity index (χ2n) is 6.24. The topological polar surface area (TPSA) is 38.8 Å². The fraction of sp³-hybridized carbons (Fsp3) is 0.238. The summed E-state index contributed by atoms with van der Waals surface area (Å²) in [5, 5.41) is 0.553. The van der Waals surface area contributed by atoms with E-state index in [1.54, 1.807) is 31.4 Å². The van der Waals surface area contributed by atoms with Crippen molar-refractivity contribution in [3.63, 3.8) is 0 Å². The highest BCUT2D eigenvalue weighted by Gasteiger charge is 2.33. The largest absolute Gasteiger partial charge is 0.493 e. The van der Waals surface area contributed by atoms with Crippen LogP contribution in [-0.2, 0) is 4.79 Å². The lowest BCUT2D eigenvalue weighted by molar-refractivity contribution is -0.113. The number of hydrogen-bond acceptors (Lipinski definition) is 5. The quantitative estimate of drug-likeness (QED) is 0.417. The van der Waals surface area contributed by atoms with Gasteiger partial charge in [0.15, 0.2) is 15.8 Å². The van der Waals surface area contributed by atoms with Crippen LogP contribution in [0.4, 0.5) is 5.69 Å². The number of nitrogens with zero attached hydrogens (tertiary/aromatic N) is 1. The van der Waals surface area contributed by atoms with Gasteiger partial charge in [0.05, 0.1) is 23.8 Å². The molecular weight excluding hydrogens is 414 g/mol. The highest BCUT2D eigenvalue weighted by Crippen LogP contribution is 2.38. The number of hydrogen-bond donors (Lipinski definition) is 0. The van der Waals surface area contributed by atoms with Crippen molar-refractivity contribution in [3.8, 4) is 11.5 Å². The van der Waals surface area contributed by atoms with Crippen LogP contribution in [0.1, 0.15) is 25.8 Å². The van der Waals surface area contributed by atoms with Gasteiger partial charge in [0.2, 0.25) is 0 Å². The molecule has 1 aliphatic heterocycles. The lowest BCUT2D eigenvalue weighted by Gasteiger charge is -2.16. The molecule has 1 saturated heterocycles. The van der Waals surface area contributed by atoms with Crippen molar-refractivity contribution < 1.29 is 14.3 Å².